The number of rotatable bonds is 4. The Balaban J connectivity index is 2.14. The summed E-state index contributed by atoms with van der Waals surface area (Å²) in [6, 6.07) is 6.16. The summed E-state index contributed by atoms with van der Waals surface area (Å²) in [7, 11) is 3.92. The zero-order valence-electron chi connectivity index (χ0n) is 12.2. The number of likely N-dealkylation sites (tertiary alicyclic amines) is 1. The van der Waals surface area contributed by atoms with Crippen LogP contribution < -0.4 is 0 Å². The van der Waals surface area contributed by atoms with Gasteiger partial charge in [-0.2, -0.15) is 0 Å². The summed E-state index contributed by atoms with van der Waals surface area (Å²) in [5.74, 6) is -1.43. The summed E-state index contributed by atoms with van der Waals surface area (Å²) in [4.78, 5) is 26.8. The first kappa shape index (κ1) is 15.5. The third kappa shape index (κ3) is 3.59. The molecular weight excluding hydrogens is 272 g/mol. The molecule has 2 unspecified atom stereocenters. The Morgan fingerprint density at radius 3 is 2.43 bits per heavy atom. The number of nitrogens with zero attached hydrogens (tertiary/aromatic N) is 2. The topological polar surface area (TPSA) is 81.1 Å². The molecular formula is C15H20N2O4. The van der Waals surface area contributed by atoms with Crippen molar-refractivity contribution in [3.8, 4) is 0 Å². The van der Waals surface area contributed by atoms with Crippen molar-refractivity contribution < 1.29 is 19.8 Å². The maximum atomic E-state index is 12.4. The van der Waals surface area contributed by atoms with Gasteiger partial charge in [0.1, 0.15) is 6.04 Å². The number of β-amino-alcohol motifs (C(OH)–C–C–N with tert-alkyl or cyclic N) is 1. The van der Waals surface area contributed by atoms with Crippen molar-refractivity contribution in [3.05, 3.63) is 35.4 Å². The van der Waals surface area contributed by atoms with Crippen LogP contribution in [-0.2, 0) is 11.3 Å². The van der Waals surface area contributed by atoms with Crippen molar-refractivity contribution in [2.24, 2.45) is 0 Å². The van der Waals surface area contributed by atoms with Crippen LogP contribution in [0.5, 0.6) is 0 Å². The second kappa shape index (κ2) is 6.24. The van der Waals surface area contributed by atoms with E-state index < -0.39 is 18.1 Å². The van der Waals surface area contributed by atoms with Crippen LogP contribution in [0.1, 0.15) is 22.3 Å². The van der Waals surface area contributed by atoms with E-state index in [0.717, 1.165) is 12.1 Å². The number of amides is 1. The number of hydrogen-bond acceptors (Lipinski definition) is 4. The molecule has 0 radical (unpaired) electrons. The van der Waals surface area contributed by atoms with Crippen LogP contribution in [0.2, 0.25) is 0 Å². The van der Waals surface area contributed by atoms with Crippen molar-refractivity contribution in [2.45, 2.75) is 25.1 Å². The molecule has 1 fully saturated rings. The molecule has 1 aliphatic rings. The van der Waals surface area contributed by atoms with E-state index in [9.17, 15) is 14.7 Å². The van der Waals surface area contributed by atoms with E-state index in [1.54, 1.807) is 12.1 Å². The molecule has 2 atom stereocenters. The first-order valence-electron chi connectivity index (χ1n) is 6.84. The minimum absolute atomic E-state index is 0.0647. The van der Waals surface area contributed by atoms with Gasteiger partial charge in [-0.3, -0.25) is 4.79 Å². The van der Waals surface area contributed by atoms with Crippen molar-refractivity contribution in [3.63, 3.8) is 0 Å². The third-order valence-corrected chi connectivity index (χ3v) is 3.52. The van der Waals surface area contributed by atoms with Crippen LogP contribution in [0, 0.1) is 0 Å². The lowest BCUT2D eigenvalue weighted by atomic mass is 10.1. The molecule has 1 aromatic rings. The van der Waals surface area contributed by atoms with E-state index in [2.05, 4.69) is 0 Å². The van der Waals surface area contributed by atoms with Gasteiger partial charge in [0, 0.05) is 25.1 Å². The highest BCUT2D eigenvalue weighted by atomic mass is 16.4. The van der Waals surface area contributed by atoms with Gasteiger partial charge in [0.2, 0.25) is 0 Å². The van der Waals surface area contributed by atoms with Gasteiger partial charge in [-0.1, -0.05) is 12.1 Å². The van der Waals surface area contributed by atoms with E-state index >= 15 is 0 Å². The normalized spacial score (nSPS) is 21.8. The molecule has 0 aliphatic carbocycles. The molecule has 0 aromatic heterocycles. The van der Waals surface area contributed by atoms with E-state index in [0.29, 0.717) is 5.56 Å². The number of hydrogen-bond donors (Lipinski definition) is 2. The Bertz CT molecular complexity index is 527. The molecule has 21 heavy (non-hydrogen) atoms. The Morgan fingerprint density at radius 1 is 1.29 bits per heavy atom. The Morgan fingerprint density at radius 2 is 1.90 bits per heavy atom. The smallest absolute Gasteiger partial charge is 0.326 e. The molecule has 2 N–H and O–H groups in total. The van der Waals surface area contributed by atoms with Crippen LogP contribution >= 0.6 is 0 Å². The lowest BCUT2D eigenvalue weighted by Gasteiger charge is -2.21. The van der Waals surface area contributed by atoms with Crippen molar-refractivity contribution in [2.75, 3.05) is 20.6 Å². The van der Waals surface area contributed by atoms with Gasteiger partial charge in [-0.05, 0) is 31.8 Å². The van der Waals surface area contributed by atoms with Crippen LogP contribution in [0.3, 0.4) is 0 Å². The fourth-order valence-electron chi connectivity index (χ4n) is 2.56. The molecule has 1 aromatic carbocycles. The number of carbonyl (C=O) groups is 2. The first-order valence-corrected chi connectivity index (χ1v) is 6.84. The fraction of sp³-hybridized carbons (Fsp3) is 0.467. The number of aliphatic carboxylic acids is 1. The number of carboxylic acids is 1. The molecule has 6 heteroatoms. The molecule has 1 heterocycles. The molecule has 114 valence electrons. The highest BCUT2D eigenvalue weighted by Crippen LogP contribution is 2.21. The minimum atomic E-state index is -1.08. The summed E-state index contributed by atoms with van der Waals surface area (Å²) in [6.07, 6.45) is -0.692. The summed E-state index contributed by atoms with van der Waals surface area (Å²) in [5, 5.41) is 18.7. The van der Waals surface area contributed by atoms with E-state index in [1.165, 1.54) is 4.90 Å². The number of aliphatic hydroxyl groups is 1. The SMILES string of the molecule is CN(C)Cc1ccc(C(=O)N2CC(O)CC2C(=O)O)cc1. The predicted octanol–water partition coefficient (Wildman–Crippen LogP) is 0.408. The van der Waals surface area contributed by atoms with E-state index in [-0.39, 0.29) is 18.9 Å². The summed E-state index contributed by atoms with van der Waals surface area (Å²) in [6.45, 7) is 0.837. The van der Waals surface area contributed by atoms with Gasteiger partial charge in [-0.25, -0.2) is 4.79 Å². The second-order valence-electron chi connectivity index (χ2n) is 5.64. The highest BCUT2D eigenvalue weighted by Gasteiger charge is 2.39. The first-order chi connectivity index (χ1) is 9.88. The molecule has 1 aliphatic heterocycles. The third-order valence-electron chi connectivity index (χ3n) is 3.52. The van der Waals surface area contributed by atoms with Gasteiger partial charge < -0.3 is 20.0 Å². The molecule has 1 amide bonds. The fourth-order valence-corrected chi connectivity index (χ4v) is 2.56. The number of aliphatic hydroxyl groups excluding tert-OH is 1. The molecule has 0 spiro atoms. The van der Waals surface area contributed by atoms with Crippen LogP contribution in [0.4, 0.5) is 0 Å². The monoisotopic (exact) mass is 292 g/mol. The number of carbonyl (C=O) groups excluding carboxylic acids is 1. The number of carboxylic acid groups (broad SMARTS) is 1. The van der Waals surface area contributed by atoms with Crippen molar-refractivity contribution in [1.82, 2.24) is 9.80 Å². The zero-order valence-corrected chi connectivity index (χ0v) is 12.2. The van der Waals surface area contributed by atoms with Gasteiger partial charge in [0.15, 0.2) is 0 Å². The maximum absolute atomic E-state index is 12.4. The lowest BCUT2D eigenvalue weighted by molar-refractivity contribution is -0.141. The minimum Gasteiger partial charge on any atom is -0.480 e. The van der Waals surface area contributed by atoms with Gasteiger partial charge >= 0.3 is 5.97 Å². The largest absolute Gasteiger partial charge is 0.480 e. The molecule has 0 saturated carbocycles. The average Bonchev–Trinajstić information content (AvgIpc) is 2.80. The van der Waals surface area contributed by atoms with Crippen LogP contribution in [0.25, 0.3) is 0 Å². The molecule has 1 saturated heterocycles. The van der Waals surface area contributed by atoms with E-state index in [4.69, 9.17) is 5.11 Å². The quantitative estimate of drug-likeness (QED) is 0.840. The Labute approximate surface area is 123 Å². The number of benzene rings is 1. The van der Waals surface area contributed by atoms with Crippen molar-refractivity contribution in [1.29, 1.82) is 0 Å². The van der Waals surface area contributed by atoms with E-state index in [1.807, 2.05) is 31.1 Å². The zero-order chi connectivity index (χ0) is 15.6. The summed E-state index contributed by atoms with van der Waals surface area (Å²) < 4.78 is 0. The van der Waals surface area contributed by atoms with Crippen LogP contribution in [0.15, 0.2) is 24.3 Å². The van der Waals surface area contributed by atoms with Crippen molar-refractivity contribution >= 4 is 11.9 Å². The Kier molecular flexibility index (Phi) is 4.59. The highest BCUT2D eigenvalue weighted by molar-refractivity contribution is 5.97. The average molecular weight is 292 g/mol. The van der Waals surface area contributed by atoms with Gasteiger partial charge in [0.25, 0.3) is 5.91 Å². The summed E-state index contributed by atoms with van der Waals surface area (Å²) >= 11 is 0. The van der Waals surface area contributed by atoms with Gasteiger partial charge in [0.05, 0.1) is 6.10 Å². The standard InChI is InChI=1S/C15H20N2O4/c1-16(2)8-10-3-5-11(6-4-10)14(19)17-9-12(18)7-13(17)15(20)21/h3-6,12-13,18H,7-9H2,1-2H3,(H,20,21). The molecule has 6 nitrogen and oxygen atoms in total. The second-order valence-corrected chi connectivity index (χ2v) is 5.64. The lowest BCUT2D eigenvalue weighted by Crippen LogP contribution is -2.40. The predicted molar refractivity (Wildman–Crippen MR) is 76.9 cm³/mol. The molecule has 2 rings (SSSR count). The summed E-state index contributed by atoms with van der Waals surface area (Å²) in [5.41, 5.74) is 1.52. The van der Waals surface area contributed by atoms with Gasteiger partial charge in [-0.15, -0.1) is 0 Å². The van der Waals surface area contributed by atoms with Crippen LogP contribution in [-0.4, -0.2) is 64.7 Å². The maximum Gasteiger partial charge on any atom is 0.326 e. The molecule has 0 bridgehead atoms. The Hall–Kier alpha value is -1.92.